The quantitative estimate of drug-likeness (QED) is 0.799. The number of pyridine rings is 1. The van der Waals surface area contributed by atoms with Gasteiger partial charge >= 0.3 is 0 Å². The summed E-state index contributed by atoms with van der Waals surface area (Å²) in [4.78, 5) is 4.17. The first-order valence-corrected chi connectivity index (χ1v) is 7.98. The molecule has 2 aromatic heterocycles. The number of hydrogen-bond acceptors (Lipinski definition) is 2. The van der Waals surface area contributed by atoms with Gasteiger partial charge in [-0.05, 0) is 48.6 Å². The molecule has 0 saturated heterocycles. The van der Waals surface area contributed by atoms with E-state index in [4.69, 9.17) is 0 Å². The highest BCUT2D eigenvalue weighted by atomic mass is 15.0. The van der Waals surface area contributed by atoms with Crippen LogP contribution < -0.4 is 5.32 Å². The third kappa shape index (κ3) is 4.71. The molecule has 3 heteroatoms. The first-order chi connectivity index (χ1) is 10.2. The molecule has 1 N–H and O–H groups in total. The molecule has 2 heterocycles. The molecule has 2 rings (SSSR count). The molecule has 3 nitrogen and oxygen atoms in total. The second-order valence-electron chi connectivity index (χ2n) is 5.97. The molecule has 0 aliphatic heterocycles. The summed E-state index contributed by atoms with van der Waals surface area (Å²) in [5.41, 5.74) is 2.68. The number of hydrogen-bond donors (Lipinski definition) is 1. The summed E-state index contributed by atoms with van der Waals surface area (Å²) in [6.07, 6.45) is 10.4. The molecule has 0 aliphatic carbocycles. The van der Waals surface area contributed by atoms with Gasteiger partial charge < -0.3 is 9.88 Å². The van der Waals surface area contributed by atoms with Crippen LogP contribution in [0, 0.1) is 5.92 Å². The molecule has 0 radical (unpaired) electrons. The predicted octanol–water partition coefficient (Wildman–Crippen LogP) is 3.82. The summed E-state index contributed by atoms with van der Waals surface area (Å²) in [6.45, 7) is 8.85. The molecular weight excluding hydrogens is 258 g/mol. The average Bonchev–Trinajstić information content (AvgIpc) is 2.95. The van der Waals surface area contributed by atoms with Crippen LogP contribution in [0.3, 0.4) is 0 Å². The molecule has 2 aromatic rings. The third-order valence-electron chi connectivity index (χ3n) is 3.79. The van der Waals surface area contributed by atoms with Crippen LogP contribution in [0.1, 0.15) is 44.4 Å². The summed E-state index contributed by atoms with van der Waals surface area (Å²) in [5.74, 6) is 0.603. The monoisotopic (exact) mass is 285 g/mol. The van der Waals surface area contributed by atoms with Crippen LogP contribution in [-0.2, 0) is 13.0 Å². The Morgan fingerprint density at radius 1 is 1.29 bits per heavy atom. The Kier molecular flexibility index (Phi) is 6.00. The van der Waals surface area contributed by atoms with Gasteiger partial charge in [-0.1, -0.05) is 26.8 Å². The van der Waals surface area contributed by atoms with Crippen LogP contribution in [0.25, 0.3) is 0 Å². The van der Waals surface area contributed by atoms with Gasteiger partial charge in [0.1, 0.15) is 0 Å². The van der Waals surface area contributed by atoms with Crippen LogP contribution in [-0.4, -0.2) is 16.1 Å². The Morgan fingerprint density at radius 3 is 2.81 bits per heavy atom. The van der Waals surface area contributed by atoms with Crippen molar-refractivity contribution in [2.75, 3.05) is 6.54 Å². The predicted molar refractivity (Wildman–Crippen MR) is 88.2 cm³/mol. The summed E-state index contributed by atoms with van der Waals surface area (Å²) in [5, 5.41) is 3.65. The lowest BCUT2D eigenvalue weighted by Crippen LogP contribution is -2.26. The Hall–Kier alpha value is -1.61. The molecule has 0 aromatic carbocycles. The van der Waals surface area contributed by atoms with Crippen molar-refractivity contribution in [1.29, 1.82) is 0 Å². The van der Waals surface area contributed by atoms with Gasteiger partial charge in [0.15, 0.2) is 0 Å². The van der Waals surface area contributed by atoms with Crippen molar-refractivity contribution in [1.82, 2.24) is 14.9 Å². The Balaban J connectivity index is 1.96. The maximum atomic E-state index is 4.17. The lowest BCUT2D eigenvalue weighted by molar-refractivity contribution is 0.412. The molecule has 0 aliphatic rings. The minimum Gasteiger partial charge on any atom is -0.354 e. The largest absolute Gasteiger partial charge is 0.354 e. The van der Waals surface area contributed by atoms with Crippen molar-refractivity contribution >= 4 is 0 Å². The van der Waals surface area contributed by atoms with Crippen LogP contribution in [0.15, 0.2) is 43.0 Å². The van der Waals surface area contributed by atoms with Gasteiger partial charge in [-0.15, -0.1) is 0 Å². The van der Waals surface area contributed by atoms with E-state index in [1.807, 2.05) is 18.5 Å². The first kappa shape index (κ1) is 15.8. The molecule has 0 spiro atoms. The number of aryl methyl sites for hydroxylation is 2. The van der Waals surface area contributed by atoms with E-state index >= 15 is 0 Å². The van der Waals surface area contributed by atoms with Gasteiger partial charge in [0.25, 0.3) is 0 Å². The summed E-state index contributed by atoms with van der Waals surface area (Å²) >= 11 is 0. The fraction of sp³-hybridized carbons (Fsp3) is 0.500. The molecular formula is C18H27N3. The van der Waals surface area contributed by atoms with Gasteiger partial charge in [0.2, 0.25) is 0 Å². The van der Waals surface area contributed by atoms with Crippen molar-refractivity contribution < 1.29 is 0 Å². The minimum absolute atomic E-state index is 0.449. The van der Waals surface area contributed by atoms with E-state index < -0.39 is 0 Å². The van der Waals surface area contributed by atoms with Crippen LogP contribution in [0.5, 0.6) is 0 Å². The second-order valence-corrected chi connectivity index (χ2v) is 5.97. The van der Waals surface area contributed by atoms with Crippen LogP contribution in [0.4, 0.5) is 0 Å². The van der Waals surface area contributed by atoms with Crippen molar-refractivity contribution in [3.05, 3.63) is 54.1 Å². The second kappa shape index (κ2) is 7.99. The van der Waals surface area contributed by atoms with E-state index in [1.165, 1.54) is 17.5 Å². The van der Waals surface area contributed by atoms with Crippen LogP contribution >= 0.6 is 0 Å². The maximum absolute atomic E-state index is 4.17. The highest BCUT2D eigenvalue weighted by molar-refractivity contribution is 5.17. The number of nitrogens with zero attached hydrogens (tertiary/aromatic N) is 2. The fourth-order valence-corrected chi connectivity index (χ4v) is 2.62. The Labute approximate surface area is 128 Å². The van der Waals surface area contributed by atoms with E-state index in [1.54, 1.807) is 0 Å². The van der Waals surface area contributed by atoms with Crippen molar-refractivity contribution in [2.24, 2.45) is 5.92 Å². The zero-order valence-corrected chi connectivity index (χ0v) is 13.4. The zero-order valence-electron chi connectivity index (χ0n) is 13.4. The summed E-state index contributed by atoms with van der Waals surface area (Å²) in [6, 6.07) is 6.83. The molecule has 0 fully saturated rings. The van der Waals surface area contributed by atoms with Gasteiger partial charge in [-0.25, -0.2) is 0 Å². The smallest absolute Gasteiger partial charge is 0.0358 e. The Bertz CT molecular complexity index is 516. The van der Waals surface area contributed by atoms with Crippen molar-refractivity contribution in [3.8, 4) is 0 Å². The van der Waals surface area contributed by atoms with Gasteiger partial charge in [-0.3, -0.25) is 4.98 Å². The lowest BCUT2D eigenvalue weighted by Gasteiger charge is -2.21. The zero-order chi connectivity index (χ0) is 15.1. The van der Waals surface area contributed by atoms with E-state index in [2.05, 4.69) is 60.2 Å². The highest BCUT2D eigenvalue weighted by Gasteiger charge is 2.15. The molecule has 21 heavy (non-hydrogen) atoms. The van der Waals surface area contributed by atoms with Gasteiger partial charge in [0, 0.05) is 37.4 Å². The lowest BCUT2D eigenvalue weighted by atomic mass is 9.98. The number of nitrogens with one attached hydrogen (secondary N) is 1. The normalized spacial score (nSPS) is 12.8. The van der Waals surface area contributed by atoms with Crippen molar-refractivity contribution in [3.63, 3.8) is 0 Å². The number of aromatic nitrogens is 2. The third-order valence-corrected chi connectivity index (χ3v) is 3.79. The van der Waals surface area contributed by atoms with Crippen LogP contribution in [0.2, 0.25) is 0 Å². The van der Waals surface area contributed by atoms with Gasteiger partial charge in [-0.2, -0.15) is 0 Å². The number of rotatable bonds is 8. The van der Waals surface area contributed by atoms with E-state index in [0.29, 0.717) is 12.0 Å². The molecule has 1 unspecified atom stereocenters. The Morgan fingerprint density at radius 2 is 2.14 bits per heavy atom. The minimum atomic E-state index is 0.449. The van der Waals surface area contributed by atoms with Crippen molar-refractivity contribution in [2.45, 2.75) is 46.2 Å². The molecule has 1 atom stereocenters. The fourth-order valence-electron chi connectivity index (χ4n) is 2.62. The van der Waals surface area contributed by atoms with E-state index in [0.717, 1.165) is 19.5 Å². The molecule has 0 saturated carbocycles. The summed E-state index contributed by atoms with van der Waals surface area (Å²) in [7, 11) is 0. The molecule has 0 bridgehead atoms. The topological polar surface area (TPSA) is 29.9 Å². The van der Waals surface area contributed by atoms with E-state index in [9.17, 15) is 0 Å². The molecule has 114 valence electrons. The summed E-state index contributed by atoms with van der Waals surface area (Å²) < 4.78 is 2.28. The maximum Gasteiger partial charge on any atom is 0.0358 e. The van der Waals surface area contributed by atoms with E-state index in [-0.39, 0.29) is 0 Å². The highest BCUT2D eigenvalue weighted by Crippen LogP contribution is 2.22. The standard InChI is InChI=1S/C18H27N3/c1-4-9-20-18(15(2)3)17-8-12-21(14-17)11-7-16-6-5-10-19-13-16/h5-6,8,10,12-15,18,20H,4,7,9,11H2,1-3H3. The SMILES string of the molecule is CCCNC(c1ccn(CCc2cccnc2)c1)C(C)C. The van der Waals surface area contributed by atoms with Gasteiger partial charge in [0.05, 0.1) is 0 Å². The molecule has 0 amide bonds. The first-order valence-electron chi connectivity index (χ1n) is 7.98. The average molecular weight is 285 g/mol.